The average molecular weight is 610 g/mol. The van der Waals surface area contributed by atoms with Gasteiger partial charge in [0, 0.05) is 32.2 Å². The van der Waals surface area contributed by atoms with Crippen LogP contribution in [0.3, 0.4) is 0 Å². The van der Waals surface area contributed by atoms with Gasteiger partial charge >= 0.3 is 6.09 Å². The van der Waals surface area contributed by atoms with Crippen LogP contribution in [0.2, 0.25) is 0 Å². The number of carbonyl (C=O) groups excluding carboxylic acids is 2. The molecule has 2 N–H and O–H groups in total. The summed E-state index contributed by atoms with van der Waals surface area (Å²) in [5, 5.41) is 12.8. The first kappa shape index (κ1) is 31.4. The fraction of sp³-hybridized carbons (Fsp3) is 0.556. The monoisotopic (exact) mass is 609 g/mol. The molecule has 0 saturated carbocycles. The van der Waals surface area contributed by atoms with Crippen molar-refractivity contribution in [1.82, 2.24) is 24.1 Å². The topological polar surface area (TPSA) is 160 Å². The van der Waals surface area contributed by atoms with Crippen LogP contribution in [-0.4, -0.2) is 82.2 Å². The number of ether oxygens (including phenoxy) is 2. The summed E-state index contributed by atoms with van der Waals surface area (Å²) in [6.45, 7) is 10.4. The lowest BCUT2D eigenvalue weighted by atomic mass is 10.1. The number of aromatic nitrogens is 2. The number of nitrogens with one attached hydrogen (secondary N) is 1. The van der Waals surface area contributed by atoms with Gasteiger partial charge in [0.15, 0.2) is 5.69 Å². The van der Waals surface area contributed by atoms with Crippen molar-refractivity contribution in [1.29, 1.82) is 0 Å². The molecular weight excluding hydrogens is 573 g/mol. The van der Waals surface area contributed by atoms with Gasteiger partial charge in [-0.1, -0.05) is 0 Å². The number of hydrogen-bond donors (Lipinski definition) is 2. The zero-order valence-corrected chi connectivity index (χ0v) is 25.2. The van der Waals surface area contributed by atoms with Gasteiger partial charge in [0.05, 0.1) is 18.0 Å². The normalized spacial score (nSPS) is 19.2. The molecule has 0 spiro atoms. The van der Waals surface area contributed by atoms with E-state index in [2.05, 4.69) is 10.3 Å². The molecule has 1 saturated heterocycles. The standard InChI is InChI=1S/C27H36FN5O8S/c1-16-15-31(7-8-32(16)25(37)41-26(2,3)4)42(38,39)19-12-17(11-18(28)13-19)14-29-22(35)20-21(34)23(36)33-9-10-40-27(5,6)24(33)30-20/h11-13,16,34H,7-10,14-15H2,1-6H3,(H,29,35)/t16-/m1/s1. The number of fused-ring (bicyclic) bond motifs is 1. The van der Waals surface area contributed by atoms with Crippen LogP contribution in [0.15, 0.2) is 27.9 Å². The van der Waals surface area contributed by atoms with Crippen molar-refractivity contribution in [3.05, 3.63) is 51.5 Å². The number of carbonyl (C=O) groups is 2. The fourth-order valence-corrected chi connectivity index (χ4v) is 6.44. The maximum Gasteiger partial charge on any atom is 0.410 e. The lowest BCUT2D eigenvalue weighted by Gasteiger charge is -2.39. The number of amides is 2. The van der Waals surface area contributed by atoms with Crippen molar-refractivity contribution in [2.24, 2.45) is 0 Å². The molecule has 2 aliphatic rings. The Labute approximate surface area is 243 Å². The van der Waals surface area contributed by atoms with Gasteiger partial charge < -0.3 is 24.8 Å². The van der Waals surface area contributed by atoms with Gasteiger partial charge in [0.2, 0.25) is 15.8 Å². The van der Waals surface area contributed by atoms with Gasteiger partial charge in [0.1, 0.15) is 22.8 Å². The van der Waals surface area contributed by atoms with E-state index in [1.807, 2.05) is 0 Å². The largest absolute Gasteiger partial charge is 0.501 e. The summed E-state index contributed by atoms with van der Waals surface area (Å²) in [7, 11) is -4.16. The first-order valence-electron chi connectivity index (χ1n) is 13.5. The second-order valence-corrected chi connectivity index (χ2v) is 13.7. The predicted molar refractivity (Wildman–Crippen MR) is 148 cm³/mol. The van der Waals surface area contributed by atoms with Crippen LogP contribution in [0.5, 0.6) is 5.75 Å². The van der Waals surface area contributed by atoms with Crippen molar-refractivity contribution < 1.29 is 37.0 Å². The molecule has 2 amide bonds. The Morgan fingerprint density at radius 2 is 1.90 bits per heavy atom. The Balaban J connectivity index is 1.50. The Morgan fingerprint density at radius 1 is 1.21 bits per heavy atom. The average Bonchev–Trinajstić information content (AvgIpc) is 2.87. The highest BCUT2D eigenvalue weighted by atomic mass is 32.2. The van der Waals surface area contributed by atoms with E-state index in [0.29, 0.717) is 0 Å². The van der Waals surface area contributed by atoms with Crippen molar-refractivity contribution in [3.8, 4) is 5.75 Å². The molecule has 2 aliphatic heterocycles. The highest BCUT2D eigenvalue weighted by Gasteiger charge is 2.37. The Bertz CT molecular complexity index is 1570. The molecule has 1 aromatic carbocycles. The van der Waals surface area contributed by atoms with Gasteiger partial charge in [-0.3, -0.25) is 14.2 Å². The minimum absolute atomic E-state index is 0.0205. The smallest absolute Gasteiger partial charge is 0.410 e. The summed E-state index contributed by atoms with van der Waals surface area (Å²) >= 11 is 0. The molecule has 15 heteroatoms. The summed E-state index contributed by atoms with van der Waals surface area (Å²) in [6.07, 6.45) is -0.547. The van der Waals surface area contributed by atoms with Crippen LogP contribution in [0, 0.1) is 5.82 Å². The summed E-state index contributed by atoms with van der Waals surface area (Å²) < 4.78 is 54.9. The first-order chi connectivity index (χ1) is 19.4. The fourth-order valence-electron chi connectivity index (χ4n) is 4.85. The lowest BCUT2D eigenvalue weighted by molar-refractivity contribution is -0.0567. The Kier molecular flexibility index (Phi) is 8.41. The van der Waals surface area contributed by atoms with Crippen LogP contribution >= 0.6 is 0 Å². The molecule has 0 unspecified atom stereocenters. The molecule has 1 fully saturated rings. The zero-order chi connectivity index (χ0) is 31.2. The van der Waals surface area contributed by atoms with Crippen molar-refractivity contribution in [2.75, 3.05) is 26.2 Å². The van der Waals surface area contributed by atoms with E-state index in [1.165, 1.54) is 19.8 Å². The predicted octanol–water partition coefficient (Wildman–Crippen LogP) is 1.91. The maximum atomic E-state index is 14.6. The van der Waals surface area contributed by atoms with Crippen LogP contribution in [-0.2, 0) is 38.2 Å². The number of halogens is 1. The molecule has 0 aliphatic carbocycles. The van der Waals surface area contributed by atoms with Crippen LogP contribution < -0.4 is 10.9 Å². The van der Waals surface area contributed by atoms with Crippen LogP contribution in [0.4, 0.5) is 9.18 Å². The van der Waals surface area contributed by atoms with Gasteiger partial charge in [-0.25, -0.2) is 22.6 Å². The SMILES string of the molecule is C[C@@H]1CN(S(=O)(=O)c2cc(F)cc(CNC(=O)c3nc4n(c(=O)c3O)CCOC4(C)C)c2)CCN1C(=O)OC(C)(C)C. The third-order valence-corrected chi connectivity index (χ3v) is 8.76. The number of nitrogens with zero attached hydrogens (tertiary/aromatic N) is 4. The van der Waals surface area contributed by atoms with E-state index in [-0.39, 0.29) is 55.6 Å². The molecule has 0 bridgehead atoms. The van der Waals surface area contributed by atoms with E-state index >= 15 is 0 Å². The van der Waals surface area contributed by atoms with Crippen molar-refractivity contribution in [3.63, 3.8) is 0 Å². The maximum absolute atomic E-state index is 14.6. The van der Waals surface area contributed by atoms with Gasteiger partial charge in [-0.2, -0.15) is 4.31 Å². The summed E-state index contributed by atoms with van der Waals surface area (Å²) in [5.74, 6) is -2.42. The van der Waals surface area contributed by atoms with E-state index in [1.54, 1.807) is 41.5 Å². The first-order valence-corrected chi connectivity index (χ1v) is 14.9. The zero-order valence-electron chi connectivity index (χ0n) is 24.4. The quantitative estimate of drug-likeness (QED) is 0.516. The second-order valence-electron chi connectivity index (χ2n) is 11.8. The number of aromatic hydroxyl groups is 1. The van der Waals surface area contributed by atoms with Crippen molar-refractivity contribution >= 4 is 22.0 Å². The second kappa shape index (κ2) is 11.3. The molecule has 1 aromatic heterocycles. The molecule has 42 heavy (non-hydrogen) atoms. The van der Waals surface area contributed by atoms with E-state index in [0.717, 1.165) is 12.1 Å². The third-order valence-electron chi connectivity index (χ3n) is 6.92. The molecular formula is C27H36FN5O8S. The number of benzene rings is 1. The minimum atomic E-state index is -4.16. The minimum Gasteiger partial charge on any atom is -0.501 e. The van der Waals surface area contributed by atoms with E-state index < -0.39 is 62.1 Å². The number of piperazine rings is 1. The lowest BCUT2D eigenvalue weighted by Crippen LogP contribution is -2.56. The number of hydrogen-bond acceptors (Lipinski definition) is 9. The molecule has 230 valence electrons. The summed E-state index contributed by atoms with van der Waals surface area (Å²) in [5.41, 5.74) is -2.88. The number of sulfonamides is 1. The third kappa shape index (κ3) is 6.42. The Morgan fingerprint density at radius 3 is 2.55 bits per heavy atom. The van der Waals surface area contributed by atoms with Gasteiger partial charge in [-0.15, -0.1) is 0 Å². The molecule has 4 rings (SSSR count). The Hall–Kier alpha value is -3.56. The number of rotatable bonds is 5. The highest BCUT2D eigenvalue weighted by Crippen LogP contribution is 2.28. The van der Waals surface area contributed by atoms with Crippen LogP contribution in [0.1, 0.15) is 63.4 Å². The van der Waals surface area contributed by atoms with Gasteiger partial charge in [0.25, 0.3) is 11.5 Å². The summed E-state index contributed by atoms with van der Waals surface area (Å²) in [4.78, 5) is 43.4. The summed E-state index contributed by atoms with van der Waals surface area (Å²) in [6, 6.07) is 2.68. The van der Waals surface area contributed by atoms with Crippen molar-refractivity contribution in [2.45, 2.75) is 76.8 Å². The highest BCUT2D eigenvalue weighted by molar-refractivity contribution is 7.89. The van der Waals surface area contributed by atoms with E-state index in [9.17, 15) is 32.3 Å². The van der Waals surface area contributed by atoms with Gasteiger partial charge in [-0.05, 0) is 65.3 Å². The molecule has 3 heterocycles. The molecule has 13 nitrogen and oxygen atoms in total. The molecule has 1 atom stereocenters. The van der Waals surface area contributed by atoms with E-state index in [4.69, 9.17) is 9.47 Å². The molecule has 2 aromatic rings. The molecule has 0 radical (unpaired) electrons. The van der Waals surface area contributed by atoms with Crippen LogP contribution in [0.25, 0.3) is 0 Å².